The molecule has 3 aromatic rings. The number of aliphatic hydroxyl groups excluding tert-OH is 1. The molecule has 0 bridgehead atoms. The predicted octanol–water partition coefficient (Wildman–Crippen LogP) is 4.22. The fourth-order valence-corrected chi connectivity index (χ4v) is 11.9. The van der Waals surface area contributed by atoms with E-state index in [-0.39, 0.29) is 42.3 Å². The lowest BCUT2D eigenvalue weighted by Crippen LogP contribution is -2.52. The standard InChI is InChI=1S/C34H40N2O5Si/c1-22-32(42(4,5)27-16-14-26(40-3)15-17-27)30(41-34(22)28-12-8-9-13-29(28)35(2)33(34)39)19-31(38)36-20-24-11-7-6-10-23(24)18-25(36)21-37/h6-17,22,25,30,32,37H,18-21H2,1-5H3/t22-,25+,30+,32-,34+/m1/s1. The number of aliphatic hydroxyl groups is 1. The Kier molecular flexibility index (Phi) is 7.28. The number of carbonyl (C=O) groups is 2. The van der Waals surface area contributed by atoms with Gasteiger partial charge in [0.2, 0.25) is 5.91 Å². The molecule has 42 heavy (non-hydrogen) atoms. The Morgan fingerprint density at radius 2 is 1.71 bits per heavy atom. The highest BCUT2D eigenvalue weighted by atomic mass is 28.3. The zero-order chi connectivity index (χ0) is 29.8. The molecule has 3 heterocycles. The van der Waals surface area contributed by atoms with Crippen LogP contribution in [0.15, 0.2) is 72.8 Å². The Morgan fingerprint density at radius 3 is 2.40 bits per heavy atom. The zero-order valence-electron chi connectivity index (χ0n) is 25.0. The number of anilines is 1. The number of benzene rings is 3. The molecule has 0 aliphatic carbocycles. The van der Waals surface area contributed by atoms with Gasteiger partial charge in [-0.3, -0.25) is 9.59 Å². The maximum atomic E-state index is 14.2. The van der Waals surface area contributed by atoms with Crippen LogP contribution in [0.5, 0.6) is 5.75 Å². The van der Waals surface area contributed by atoms with Crippen LogP contribution in [0, 0.1) is 5.92 Å². The van der Waals surface area contributed by atoms with Crippen LogP contribution in [-0.2, 0) is 32.9 Å². The first-order valence-electron chi connectivity index (χ1n) is 14.8. The number of rotatable bonds is 6. The van der Waals surface area contributed by atoms with E-state index in [1.165, 1.54) is 10.8 Å². The Morgan fingerprint density at radius 1 is 1.05 bits per heavy atom. The summed E-state index contributed by atoms with van der Waals surface area (Å²) in [5, 5.41) is 11.5. The molecule has 3 aliphatic rings. The van der Waals surface area contributed by atoms with E-state index >= 15 is 0 Å². The van der Waals surface area contributed by atoms with Crippen LogP contribution in [0.2, 0.25) is 18.6 Å². The maximum absolute atomic E-state index is 14.2. The van der Waals surface area contributed by atoms with Gasteiger partial charge < -0.3 is 24.4 Å². The highest BCUT2D eigenvalue weighted by Gasteiger charge is 2.66. The van der Waals surface area contributed by atoms with Crippen LogP contribution in [0.3, 0.4) is 0 Å². The van der Waals surface area contributed by atoms with Crippen molar-refractivity contribution in [2.24, 2.45) is 5.92 Å². The van der Waals surface area contributed by atoms with E-state index < -0.39 is 19.8 Å². The van der Waals surface area contributed by atoms with Crippen LogP contribution in [0.1, 0.15) is 30.0 Å². The molecule has 3 aliphatic heterocycles. The van der Waals surface area contributed by atoms with Crippen LogP contribution in [0.4, 0.5) is 5.69 Å². The van der Waals surface area contributed by atoms with Crippen molar-refractivity contribution in [3.63, 3.8) is 0 Å². The van der Waals surface area contributed by atoms with Crippen molar-refractivity contribution in [1.82, 2.24) is 4.90 Å². The molecule has 0 unspecified atom stereocenters. The normalized spacial score (nSPS) is 26.9. The first-order chi connectivity index (χ1) is 20.1. The molecule has 0 aromatic heterocycles. The monoisotopic (exact) mass is 584 g/mol. The lowest BCUT2D eigenvalue weighted by molar-refractivity contribution is -0.150. The highest BCUT2D eigenvalue weighted by molar-refractivity contribution is 6.91. The number of carbonyl (C=O) groups excluding carboxylic acids is 2. The van der Waals surface area contributed by atoms with E-state index in [1.807, 2.05) is 60.5 Å². The Balaban J connectivity index is 1.40. The van der Waals surface area contributed by atoms with Crippen molar-refractivity contribution in [3.8, 4) is 5.75 Å². The molecule has 1 fully saturated rings. The molecule has 5 atom stereocenters. The molecular weight excluding hydrogens is 544 g/mol. The van der Waals surface area contributed by atoms with E-state index in [4.69, 9.17) is 9.47 Å². The minimum atomic E-state index is -2.35. The molecule has 1 spiro atoms. The lowest BCUT2D eigenvalue weighted by atomic mass is 9.82. The van der Waals surface area contributed by atoms with Gasteiger partial charge in [-0.1, -0.05) is 79.8 Å². The van der Waals surface area contributed by atoms with Crippen LogP contribution >= 0.6 is 0 Å². The fourth-order valence-electron chi connectivity index (χ4n) is 7.91. The molecule has 1 saturated heterocycles. The molecular formula is C34H40N2O5Si. The van der Waals surface area contributed by atoms with Gasteiger partial charge in [-0.15, -0.1) is 0 Å². The van der Waals surface area contributed by atoms with Crippen LogP contribution in [-0.4, -0.2) is 62.8 Å². The summed E-state index contributed by atoms with van der Waals surface area (Å²) in [6, 6.07) is 23.9. The second-order valence-electron chi connectivity index (χ2n) is 12.6. The van der Waals surface area contributed by atoms with Gasteiger partial charge in [-0.25, -0.2) is 0 Å². The predicted molar refractivity (Wildman–Crippen MR) is 166 cm³/mol. The Bertz CT molecular complexity index is 1510. The van der Waals surface area contributed by atoms with E-state index in [0.29, 0.717) is 13.0 Å². The summed E-state index contributed by atoms with van der Waals surface area (Å²) in [7, 11) is 1.12. The van der Waals surface area contributed by atoms with Crippen molar-refractivity contribution < 1.29 is 24.2 Å². The van der Waals surface area contributed by atoms with Gasteiger partial charge >= 0.3 is 0 Å². The number of hydrogen-bond donors (Lipinski definition) is 1. The fraction of sp³-hybridized carbons (Fsp3) is 0.412. The van der Waals surface area contributed by atoms with Gasteiger partial charge in [-0.05, 0) is 41.3 Å². The quantitative estimate of drug-likeness (QED) is 0.439. The summed E-state index contributed by atoms with van der Waals surface area (Å²) in [5.74, 6) is 0.517. The summed E-state index contributed by atoms with van der Waals surface area (Å²) in [5.41, 5.74) is 2.85. The van der Waals surface area contributed by atoms with Crippen molar-refractivity contribution >= 4 is 30.8 Å². The first-order valence-corrected chi connectivity index (χ1v) is 17.9. The minimum absolute atomic E-state index is 0.0250. The Hall–Kier alpha value is -3.46. The number of fused-ring (bicyclic) bond motifs is 3. The molecule has 7 nitrogen and oxygen atoms in total. The average Bonchev–Trinajstić information content (AvgIpc) is 3.42. The van der Waals surface area contributed by atoms with Crippen molar-refractivity contribution in [3.05, 3.63) is 89.5 Å². The lowest BCUT2D eigenvalue weighted by Gasteiger charge is -2.39. The third kappa shape index (κ3) is 4.30. The minimum Gasteiger partial charge on any atom is -0.497 e. The largest absolute Gasteiger partial charge is 0.497 e. The number of nitrogens with zero attached hydrogens (tertiary/aromatic N) is 2. The van der Waals surface area contributed by atoms with Crippen LogP contribution < -0.4 is 14.8 Å². The molecule has 0 saturated carbocycles. The third-order valence-corrected chi connectivity index (χ3v) is 14.5. The van der Waals surface area contributed by atoms with Crippen molar-refractivity contribution in [2.75, 3.05) is 25.7 Å². The number of ether oxygens (including phenoxy) is 2. The maximum Gasteiger partial charge on any atom is 0.264 e. The number of likely N-dealkylation sites (N-methyl/N-ethyl adjacent to an activating group) is 1. The number of hydrogen-bond acceptors (Lipinski definition) is 5. The number of amides is 2. The van der Waals surface area contributed by atoms with Gasteiger partial charge in [0.1, 0.15) is 5.75 Å². The molecule has 6 rings (SSSR count). The summed E-state index contributed by atoms with van der Waals surface area (Å²) >= 11 is 0. The van der Waals surface area contributed by atoms with Gasteiger partial charge in [0.15, 0.2) is 5.60 Å². The first kappa shape index (κ1) is 28.6. The Labute approximate surface area is 249 Å². The van der Waals surface area contributed by atoms with Gasteiger partial charge in [0, 0.05) is 25.1 Å². The number of para-hydroxylation sites is 1. The SMILES string of the molecule is COc1ccc([Si](C)(C)[C@H]2[C@H](CC(=O)N3Cc4ccccc4C[C@H]3CO)O[C@@]3(C(=O)N(C)c4ccccc43)[C@@H]2C)cc1. The molecule has 3 aromatic carbocycles. The smallest absolute Gasteiger partial charge is 0.264 e. The zero-order valence-corrected chi connectivity index (χ0v) is 26.0. The highest BCUT2D eigenvalue weighted by Crippen LogP contribution is 2.59. The molecule has 220 valence electrons. The van der Waals surface area contributed by atoms with E-state index in [9.17, 15) is 14.7 Å². The second-order valence-corrected chi connectivity index (χ2v) is 17.3. The molecule has 0 radical (unpaired) electrons. The van der Waals surface area contributed by atoms with Crippen LogP contribution in [0.25, 0.3) is 0 Å². The molecule has 2 amide bonds. The molecule has 8 heteroatoms. The van der Waals surface area contributed by atoms with Crippen molar-refractivity contribution in [2.45, 2.75) is 62.7 Å². The third-order valence-electron chi connectivity index (χ3n) is 10.1. The number of methoxy groups -OCH3 is 1. The van der Waals surface area contributed by atoms with Crippen molar-refractivity contribution in [1.29, 1.82) is 0 Å². The summed E-state index contributed by atoms with van der Waals surface area (Å²) in [6.07, 6.45) is 0.314. The second kappa shape index (κ2) is 10.7. The average molecular weight is 585 g/mol. The van der Waals surface area contributed by atoms with E-state index in [0.717, 1.165) is 22.6 Å². The van der Waals surface area contributed by atoms with E-state index in [2.05, 4.69) is 44.3 Å². The topological polar surface area (TPSA) is 79.3 Å². The van der Waals surface area contributed by atoms with E-state index in [1.54, 1.807) is 12.0 Å². The summed E-state index contributed by atoms with van der Waals surface area (Å²) in [4.78, 5) is 31.8. The summed E-state index contributed by atoms with van der Waals surface area (Å²) in [6.45, 7) is 7.13. The van der Waals surface area contributed by atoms with Gasteiger partial charge in [-0.2, -0.15) is 0 Å². The van der Waals surface area contributed by atoms with Gasteiger partial charge in [0.25, 0.3) is 5.91 Å². The summed E-state index contributed by atoms with van der Waals surface area (Å²) < 4.78 is 12.4. The molecule has 1 N–H and O–H groups in total. The van der Waals surface area contributed by atoms with Gasteiger partial charge in [0.05, 0.1) is 46.0 Å².